The Morgan fingerprint density at radius 3 is 2.67 bits per heavy atom. The maximum Gasteiger partial charge on any atom is 0.469 e. The summed E-state index contributed by atoms with van der Waals surface area (Å²) in [5.74, 6) is -0.775. The second-order valence-corrected chi connectivity index (χ2v) is 5.64. The quantitative estimate of drug-likeness (QED) is 0.373. The highest BCUT2D eigenvalue weighted by molar-refractivity contribution is 7.46. The van der Waals surface area contributed by atoms with Crippen molar-refractivity contribution in [3.63, 3.8) is 0 Å². The summed E-state index contributed by atoms with van der Waals surface area (Å²) < 4.78 is 21.3. The van der Waals surface area contributed by atoms with Crippen molar-refractivity contribution < 1.29 is 38.6 Å². The van der Waals surface area contributed by atoms with E-state index < -0.39 is 44.9 Å². The molecule has 11 nitrogen and oxygen atoms in total. The fraction of sp³-hybridized carbons (Fsp3) is 0.556. The number of primary amides is 1. The summed E-state index contributed by atoms with van der Waals surface area (Å²) in [5.41, 5.74) is 4.98. The Labute approximate surface area is 118 Å². The van der Waals surface area contributed by atoms with Gasteiger partial charge in [0.05, 0.1) is 12.9 Å². The maximum atomic E-state index is 10.9. The van der Waals surface area contributed by atoms with Gasteiger partial charge in [-0.3, -0.25) is 9.32 Å². The number of aliphatic hydroxyl groups is 2. The zero-order valence-corrected chi connectivity index (χ0v) is 11.4. The van der Waals surface area contributed by atoms with Crippen LogP contribution in [0.1, 0.15) is 16.7 Å². The molecule has 1 fully saturated rings. The standard InChI is InChI=1S/C9H14N3O8P/c10-8(15)4-1-12(3-11-4)9-7(14)6(13)5(20-9)2-19-21(16,17)18/h1,3,5-7,9,13-14H,2H2,(H2,10,15)(H2,16,17,18)/t5-,6-,7-,9-/m1/s1. The molecule has 12 heteroatoms. The molecule has 2 heterocycles. The summed E-state index contributed by atoms with van der Waals surface area (Å²) in [4.78, 5) is 31.8. The molecule has 0 saturated carbocycles. The van der Waals surface area contributed by atoms with Crippen LogP contribution in [0.5, 0.6) is 0 Å². The fourth-order valence-corrected chi connectivity index (χ4v) is 2.23. The molecule has 0 radical (unpaired) electrons. The Kier molecular flexibility index (Phi) is 4.44. The van der Waals surface area contributed by atoms with E-state index in [-0.39, 0.29) is 5.69 Å². The number of phosphoric acid groups is 1. The van der Waals surface area contributed by atoms with E-state index in [9.17, 15) is 19.6 Å². The normalized spacial score (nSPS) is 29.7. The first-order valence-corrected chi connectivity index (χ1v) is 7.27. The molecule has 4 atom stereocenters. The monoisotopic (exact) mass is 323 g/mol. The molecule has 1 amide bonds. The number of nitrogens with two attached hydrogens (primary N) is 1. The first kappa shape index (κ1) is 16.0. The summed E-state index contributed by atoms with van der Waals surface area (Å²) in [6, 6.07) is 0. The van der Waals surface area contributed by atoms with E-state index in [4.69, 9.17) is 20.3 Å². The third kappa shape index (κ3) is 3.66. The summed E-state index contributed by atoms with van der Waals surface area (Å²) in [7, 11) is -4.72. The number of amides is 1. The van der Waals surface area contributed by atoms with Crippen LogP contribution in [0, 0.1) is 0 Å². The molecule has 1 aliphatic rings. The third-order valence-electron chi connectivity index (χ3n) is 2.89. The molecular weight excluding hydrogens is 309 g/mol. The topological polar surface area (TPSA) is 177 Å². The summed E-state index contributed by atoms with van der Waals surface area (Å²) in [5, 5.41) is 19.6. The summed E-state index contributed by atoms with van der Waals surface area (Å²) in [6.07, 6.45) is -2.68. The zero-order chi connectivity index (χ0) is 15.8. The lowest BCUT2D eigenvalue weighted by molar-refractivity contribution is -0.0521. The van der Waals surface area contributed by atoms with E-state index in [0.29, 0.717) is 0 Å². The van der Waals surface area contributed by atoms with Gasteiger partial charge in [0.1, 0.15) is 24.0 Å². The van der Waals surface area contributed by atoms with Gasteiger partial charge in [-0.2, -0.15) is 0 Å². The van der Waals surface area contributed by atoms with Crippen molar-refractivity contribution in [1.29, 1.82) is 0 Å². The Morgan fingerprint density at radius 2 is 2.14 bits per heavy atom. The first-order valence-electron chi connectivity index (χ1n) is 5.74. The van der Waals surface area contributed by atoms with Crippen LogP contribution in [0.3, 0.4) is 0 Å². The molecule has 0 spiro atoms. The van der Waals surface area contributed by atoms with E-state index in [1.165, 1.54) is 17.1 Å². The van der Waals surface area contributed by atoms with Crippen molar-refractivity contribution in [3.8, 4) is 0 Å². The van der Waals surface area contributed by atoms with Crippen molar-refractivity contribution in [2.75, 3.05) is 6.61 Å². The Bertz CT molecular complexity index is 571. The van der Waals surface area contributed by atoms with Gasteiger partial charge in [-0.15, -0.1) is 0 Å². The van der Waals surface area contributed by atoms with Gasteiger partial charge < -0.3 is 35.0 Å². The van der Waals surface area contributed by atoms with Crippen molar-refractivity contribution in [1.82, 2.24) is 9.55 Å². The molecule has 6 N–H and O–H groups in total. The van der Waals surface area contributed by atoms with Crippen LogP contribution < -0.4 is 5.73 Å². The van der Waals surface area contributed by atoms with Gasteiger partial charge in [0.2, 0.25) is 0 Å². The van der Waals surface area contributed by atoms with Gasteiger partial charge in [0.25, 0.3) is 5.91 Å². The number of phosphoric ester groups is 1. The number of carbonyl (C=O) groups is 1. The highest BCUT2D eigenvalue weighted by Gasteiger charge is 2.44. The number of imidazole rings is 1. The third-order valence-corrected chi connectivity index (χ3v) is 3.38. The fourth-order valence-electron chi connectivity index (χ4n) is 1.89. The highest BCUT2D eigenvalue weighted by atomic mass is 31.2. The number of nitrogens with zero attached hydrogens (tertiary/aromatic N) is 2. The second kappa shape index (κ2) is 5.81. The smallest absolute Gasteiger partial charge is 0.387 e. The van der Waals surface area contributed by atoms with Crippen LogP contribution in [-0.4, -0.2) is 60.4 Å². The lowest BCUT2D eigenvalue weighted by Gasteiger charge is -2.15. The lowest BCUT2D eigenvalue weighted by atomic mass is 10.1. The molecule has 1 aromatic heterocycles. The number of carbonyl (C=O) groups excluding carboxylic acids is 1. The number of hydrogen-bond acceptors (Lipinski definition) is 7. The largest absolute Gasteiger partial charge is 0.469 e. The zero-order valence-electron chi connectivity index (χ0n) is 10.5. The van der Waals surface area contributed by atoms with E-state index in [1.54, 1.807) is 0 Å². The van der Waals surface area contributed by atoms with Gasteiger partial charge in [0, 0.05) is 6.20 Å². The molecule has 118 valence electrons. The Morgan fingerprint density at radius 1 is 1.48 bits per heavy atom. The lowest BCUT2D eigenvalue weighted by Crippen LogP contribution is -2.33. The van der Waals surface area contributed by atoms with Crippen molar-refractivity contribution >= 4 is 13.7 Å². The van der Waals surface area contributed by atoms with Gasteiger partial charge in [-0.05, 0) is 0 Å². The molecule has 21 heavy (non-hydrogen) atoms. The average Bonchev–Trinajstić information content (AvgIpc) is 2.94. The molecule has 0 aliphatic carbocycles. The van der Waals surface area contributed by atoms with Crippen LogP contribution in [0.25, 0.3) is 0 Å². The van der Waals surface area contributed by atoms with Gasteiger partial charge in [-0.25, -0.2) is 9.55 Å². The molecule has 2 rings (SSSR count). The van der Waals surface area contributed by atoms with Crippen LogP contribution in [0.2, 0.25) is 0 Å². The van der Waals surface area contributed by atoms with Crippen molar-refractivity contribution in [2.24, 2.45) is 5.73 Å². The molecule has 0 bridgehead atoms. The number of rotatable bonds is 5. The average molecular weight is 323 g/mol. The number of aromatic nitrogens is 2. The minimum atomic E-state index is -4.72. The molecule has 1 aliphatic heterocycles. The first-order chi connectivity index (χ1) is 9.69. The van der Waals surface area contributed by atoms with Gasteiger partial charge in [-0.1, -0.05) is 0 Å². The number of ether oxygens (including phenoxy) is 1. The predicted molar refractivity (Wildman–Crippen MR) is 64.7 cm³/mol. The van der Waals surface area contributed by atoms with Crippen molar-refractivity contribution in [2.45, 2.75) is 24.5 Å². The predicted octanol–water partition coefficient (Wildman–Crippen LogP) is -2.29. The van der Waals surface area contributed by atoms with Crippen LogP contribution in [-0.2, 0) is 13.8 Å². The number of hydrogen-bond donors (Lipinski definition) is 5. The van der Waals surface area contributed by atoms with E-state index in [2.05, 4.69) is 9.51 Å². The van der Waals surface area contributed by atoms with Gasteiger partial charge in [0.15, 0.2) is 6.23 Å². The van der Waals surface area contributed by atoms with Crippen LogP contribution in [0.4, 0.5) is 0 Å². The van der Waals surface area contributed by atoms with Crippen LogP contribution in [0.15, 0.2) is 12.5 Å². The molecule has 1 saturated heterocycles. The van der Waals surface area contributed by atoms with Crippen LogP contribution >= 0.6 is 7.82 Å². The molecule has 1 aromatic rings. The van der Waals surface area contributed by atoms with Crippen molar-refractivity contribution in [3.05, 3.63) is 18.2 Å². The minimum Gasteiger partial charge on any atom is -0.387 e. The minimum absolute atomic E-state index is 0.0600. The Balaban J connectivity index is 2.08. The SMILES string of the molecule is NC(=O)c1cn([C@@H]2O[C@H](COP(=O)(O)O)[C@@H](O)[C@H]2O)cn1. The van der Waals surface area contributed by atoms with E-state index in [0.717, 1.165) is 0 Å². The van der Waals surface area contributed by atoms with Gasteiger partial charge >= 0.3 is 7.82 Å². The van der Waals surface area contributed by atoms with E-state index in [1.807, 2.05) is 0 Å². The summed E-state index contributed by atoms with van der Waals surface area (Å²) >= 11 is 0. The molecular formula is C9H14N3O8P. The highest BCUT2D eigenvalue weighted by Crippen LogP contribution is 2.38. The number of aliphatic hydroxyl groups excluding tert-OH is 2. The molecule has 0 unspecified atom stereocenters. The molecule has 0 aromatic carbocycles. The second-order valence-electron chi connectivity index (χ2n) is 4.40. The summed E-state index contributed by atoms with van der Waals surface area (Å²) in [6.45, 7) is -0.615. The Hall–Kier alpha value is -1.33. The van der Waals surface area contributed by atoms with E-state index >= 15 is 0 Å². The maximum absolute atomic E-state index is 10.9.